The molecular weight excluding hydrogens is 158 g/mol. The minimum absolute atomic E-state index is 0.455. The van der Waals surface area contributed by atoms with E-state index in [9.17, 15) is 0 Å². The van der Waals surface area contributed by atoms with Gasteiger partial charge in [-0.3, -0.25) is 0 Å². The summed E-state index contributed by atoms with van der Waals surface area (Å²) in [5.74, 6) is 5.08. The molecule has 3 saturated carbocycles. The summed E-state index contributed by atoms with van der Waals surface area (Å²) >= 11 is 0. The minimum Gasteiger partial charge on any atom is -0.328 e. The first-order chi connectivity index (χ1) is 6.25. The maximum Gasteiger partial charge on any atom is 0.00441 e. The largest absolute Gasteiger partial charge is 0.328 e. The predicted molar refractivity (Wildman–Crippen MR) is 54.2 cm³/mol. The normalized spacial score (nSPS) is 55.4. The van der Waals surface area contributed by atoms with Crippen LogP contribution in [-0.4, -0.2) is 6.04 Å². The van der Waals surface area contributed by atoms with E-state index in [4.69, 9.17) is 5.73 Å². The van der Waals surface area contributed by atoms with E-state index in [2.05, 4.69) is 6.92 Å². The number of nitrogens with two attached hydrogens (primary N) is 1. The lowest BCUT2D eigenvalue weighted by Crippen LogP contribution is -2.43. The van der Waals surface area contributed by atoms with Crippen LogP contribution in [0.3, 0.4) is 0 Å². The highest BCUT2D eigenvalue weighted by molar-refractivity contribution is 5.01. The van der Waals surface area contributed by atoms with Crippen LogP contribution in [0.25, 0.3) is 0 Å². The van der Waals surface area contributed by atoms with E-state index in [1.807, 2.05) is 0 Å². The van der Waals surface area contributed by atoms with Crippen LogP contribution >= 0.6 is 0 Å². The van der Waals surface area contributed by atoms with Crippen molar-refractivity contribution in [1.29, 1.82) is 0 Å². The quantitative estimate of drug-likeness (QED) is 0.657. The van der Waals surface area contributed by atoms with E-state index in [1.165, 1.54) is 25.7 Å². The molecule has 3 bridgehead atoms. The van der Waals surface area contributed by atoms with Gasteiger partial charge in [0.2, 0.25) is 0 Å². The molecule has 0 radical (unpaired) electrons. The topological polar surface area (TPSA) is 26.0 Å². The molecule has 1 heteroatoms. The Morgan fingerprint density at radius 2 is 1.77 bits per heavy atom. The van der Waals surface area contributed by atoms with Crippen LogP contribution in [-0.2, 0) is 0 Å². The minimum atomic E-state index is 0.455. The molecule has 0 aliphatic heterocycles. The smallest absolute Gasteiger partial charge is 0.00441 e. The second-order valence-electron chi connectivity index (χ2n) is 5.77. The summed E-state index contributed by atoms with van der Waals surface area (Å²) in [6, 6.07) is 0.455. The molecule has 0 heterocycles. The summed E-state index contributed by atoms with van der Waals surface area (Å²) in [5.41, 5.74) is 6.14. The molecule has 0 unspecified atom stereocenters. The van der Waals surface area contributed by atoms with Gasteiger partial charge in [0.25, 0.3) is 0 Å². The molecule has 0 amide bonds. The summed E-state index contributed by atoms with van der Waals surface area (Å²) in [5, 5.41) is 0. The van der Waals surface area contributed by atoms with Crippen molar-refractivity contribution in [2.75, 3.05) is 0 Å². The van der Waals surface area contributed by atoms with E-state index in [1.54, 1.807) is 6.42 Å². The third-order valence-electron chi connectivity index (χ3n) is 5.04. The lowest BCUT2D eigenvalue weighted by Gasteiger charge is -2.44. The average Bonchev–Trinajstić information content (AvgIpc) is 2.27. The lowest BCUT2D eigenvalue weighted by atomic mass is 9.62. The molecule has 0 saturated heterocycles. The van der Waals surface area contributed by atoms with Gasteiger partial charge in [-0.1, -0.05) is 0 Å². The van der Waals surface area contributed by atoms with Crippen LogP contribution in [0, 0.1) is 29.6 Å². The van der Waals surface area contributed by atoms with E-state index >= 15 is 0 Å². The van der Waals surface area contributed by atoms with Gasteiger partial charge in [-0.2, -0.15) is 0 Å². The number of hydrogen-bond acceptors (Lipinski definition) is 1. The molecule has 13 heavy (non-hydrogen) atoms. The van der Waals surface area contributed by atoms with Crippen LogP contribution < -0.4 is 5.73 Å². The van der Waals surface area contributed by atoms with Gasteiger partial charge in [0, 0.05) is 6.04 Å². The van der Waals surface area contributed by atoms with Crippen LogP contribution in [0.4, 0.5) is 0 Å². The van der Waals surface area contributed by atoms with E-state index in [0.717, 1.165) is 29.6 Å². The SMILES string of the molecule is C[C@H](N)[C@H]1[C@H]2CC[C@H]3C[C@@H](C2)C[C@H]31. The van der Waals surface area contributed by atoms with Crippen molar-refractivity contribution in [2.45, 2.75) is 45.1 Å². The summed E-state index contributed by atoms with van der Waals surface area (Å²) in [6.07, 6.45) is 7.59. The highest BCUT2D eigenvalue weighted by Crippen LogP contribution is 2.58. The van der Waals surface area contributed by atoms with Crippen LogP contribution in [0.1, 0.15) is 39.0 Å². The van der Waals surface area contributed by atoms with E-state index in [-0.39, 0.29) is 0 Å². The molecule has 0 aromatic heterocycles. The Labute approximate surface area is 81.1 Å². The highest BCUT2D eigenvalue weighted by atomic mass is 14.7. The monoisotopic (exact) mass is 179 g/mol. The van der Waals surface area contributed by atoms with Crippen molar-refractivity contribution >= 4 is 0 Å². The molecule has 2 N–H and O–H groups in total. The lowest BCUT2D eigenvalue weighted by molar-refractivity contribution is 0.0663. The van der Waals surface area contributed by atoms with Crippen molar-refractivity contribution < 1.29 is 0 Å². The van der Waals surface area contributed by atoms with Crippen molar-refractivity contribution in [2.24, 2.45) is 35.3 Å². The molecule has 0 spiro atoms. The Hall–Kier alpha value is -0.0400. The average molecular weight is 179 g/mol. The molecule has 6 atom stereocenters. The molecule has 3 aliphatic carbocycles. The molecule has 1 nitrogen and oxygen atoms in total. The van der Waals surface area contributed by atoms with Gasteiger partial charge in [0.05, 0.1) is 0 Å². The molecule has 74 valence electrons. The van der Waals surface area contributed by atoms with Crippen molar-refractivity contribution in [1.82, 2.24) is 0 Å². The zero-order chi connectivity index (χ0) is 9.00. The van der Waals surface area contributed by atoms with Gasteiger partial charge < -0.3 is 5.73 Å². The second kappa shape index (κ2) is 2.73. The molecule has 3 fully saturated rings. The Bertz CT molecular complexity index is 211. The fourth-order valence-electron chi connectivity index (χ4n) is 4.76. The van der Waals surface area contributed by atoms with Gasteiger partial charge >= 0.3 is 0 Å². The van der Waals surface area contributed by atoms with Gasteiger partial charge in [-0.25, -0.2) is 0 Å². The first kappa shape index (κ1) is 8.28. The second-order valence-corrected chi connectivity index (χ2v) is 5.77. The van der Waals surface area contributed by atoms with Crippen LogP contribution in [0.5, 0.6) is 0 Å². The summed E-state index contributed by atoms with van der Waals surface area (Å²) < 4.78 is 0. The standard InChI is InChI=1S/C12H21N/c1-7(13)12-10-3-2-9-4-8(5-10)6-11(9)12/h7-12H,2-6,13H2,1H3/t7-,8-,9-,10-,11+,12-/m0/s1. The highest BCUT2D eigenvalue weighted by Gasteiger charge is 2.50. The van der Waals surface area contributed by atoms with Gasteiger partial charge in [-0.05, 0) is 68.6 Å². The Morgan fingerprint density at radius 3 is 2.54 bits per heavy atom. The maximum absolute atomic E-state index is 6.14. The fourth-order valence-corrected chi connectivity index (χ4v) is 4.76. The zero-order valence-corrected chi connectivity index (χ0v) is 8.58. The Morgan fingerprint density at radius 1 is 1.08 bits per heavy atom. The molecule has 3 rings (SSSR count). The number of rotatable bonds is 1. The van der Waals surface area contributed by atoms with E-state index < -0.39 is 0 Å². The summed E-state index contributed by atoms with van der Waals surface area (Å²) in [4.78, 5) is 0. The molecule has 0 aromatic rings. The third-order valence-corrected chi connectivity index (χ3v) is 5.04. The van der Waals surface area contributed by atoms with Crippen LogP contribution in [0.15, 0.2) is 0 Å². The van der Waals surface area contributed by atoms with Gasteiger partial charge in [-0.15, -0.1) is 0 Å². The van der Waals surface area contributed by atoms with E-state index in [0.29, 0.717) is 6.04 Å². The van der Waals surface area contributed by atoms with Crippen molar-refractivity contribution in [3.05, 3.63) is 0 Å². The Balaban J connectivity index is 1.90. The molecule has 3 aliphatic rings. The fraction of sp³-hybridized carbons (Fsp3) is 1.00. The molecular formula is C12H21N. The first-order valence-electron chi connectivity index (χ1n) is 6.01. The molecule has 0 aromatic carbocycles. The predicted octanol–water partition coefficient (Wildman–Crippen LogP) is 2.41. The first-order valence-corrected chi connectivity index (χ1v) is 6.01. The van der Waals surface area contributed by atoms with Gasteiger partial charge in [0.15, 0.2) is 0 Å². The van der Waals surface area contributed by atoms with Gasteiger partial charge in [0.1, 0.15) is 0 Å². The summed E-state index contributed by atoms with van der Waals surface area (Å²) in [7, 11) is 0. The zero-order valence-electron chi connectivity index (χ0n) is 8.58. The van der Waals surface area contributed by atoms with Crippen molar-refractivity contribution in [3.8, 4) is 0 Å². The maximum atomic E-state index is 6.14. The number of hydrogen-bond donors (Lipinski definition) is 1. The third kappa shape index (κ3) is 1.09. The Kier molecular flexibility index (Phi) is 1.74. The summed E-state index contributed by atoms with van der Waals surface area (Å²) in [6.45, 7) is 2.23. The number of fused-ring (bicyclic) bond motifs is 2. The van der Waals surface area contributed by atoms with Crippen molar-refractivity contribution in [3.63, 3.8) is 0 Å². The van der Waals surface area contributed by atoms with Crippen LogP contribution in [0.2, 0.25) is 0 Å².